The first kappa shape index (κ1) is 9.02. The molecular weight excluding hydrogens is 202 g/mol. The van der Waals surface area contributed by atoms with Crippen molar-refractivity contribution in [3.8, 4) is 0 Å². The standard InChI is InChI=1S/C9H8ClN3O/c10-7-3-1-2-6(4-7)9-11-5-8(14)12-13-9/h1-4H,5H2,(H,11,13)(H,12,14). The molecule has 0 radical (unpaired) electrons. The number of hydrazine groups is 1. The molecule has 0 unspecified atom stereocenters. The predicted octanol–water partition coefficient (Wildman–Crippen LogP) is 0.721. The van der Waals surface area contributed by atoms with Crippen LogP contribution in [0.2, 0.25) is 5.02 Å². The van der Waals surface area contributed by atoms with Crippen molar-refractivity contribution < 1.29 is 4.79 Å². The van der Waals surface area contributed by atoms with Crippen LogP contribution in [0.15, 0.2) is 29.3 Å². The van der Waals surface area contributed by atoms with Gasteiger partial charge in [-0.15, -0.1) is 0 Å². The van der Waals surface area contributed by atoms with Crippen molar-refractivity contribution in [2.45, 2.75) is 0 Å². The number of carbonyl (C=O) groups excluding carboxylic acids is 1. The average Bonchev–Trinajstić information content (AvgIpc) is 2.19. The van der Waals surface area contributed by atoms with Crippen LogP contribution in [0.25, 0.3) is 0 Å². The molecule has 2 rings (SSSR count). The van der Waals surface area contributed by atoms with Crippen molar-refractivity contribution in [3.63, 3.8) is 0 Å². The Morgan fingerprint density at radius 1 is 1.36 bits per heavy atom. The van der Waals surface area contributed by atoms with E-state index in [-0.39, 0.29) is 12.5 Å². The number of hydrogen-bond acceptors (Lipinski definition) is 3. The molecule has 0 spiro atoms. The smallest absolute Gasteiger partial charge is 0.260 e. The molecule has 0 bridgehead atoms. The van der Waals surface area contributed by atoms with Gasteiger partial charge in [-0.05, 0) is 12.1 Å². The van der Waals surface area contributed by atoms with Crippen LogP contribution in [-0.2, 0) is 4.79 Å². The third kappa shape index (κ3) is 1.85. The Balaban J connectivity index is 2.27. The van der Waals surface area contributed by atoms with Gasteiger partial charge in [-0.1, -0.05) is 23.7 Å². The SMILES string of the molecule is O=C1CN=C(c2cccc(Cl)c2)NN1. The summed E-state index contributed by atoms with van der Waals surface area (Å²) in [5.74, 6) is 0.489. The third-order valence-electron chi connectivity index (χ3n) is 1.80. The monoisotopic (exact) mass is 209 g/mol. The molecule has 0 aromatic heterocycles. The van der Waals surface area contributed by atoms with Crippen molar-refractivity contribution in [3.05, 3.63) is 34.9 Å². The van der Waals surface area contributed by atoms with Crippen LogP contribution < -0.4 is 10.9 Å². The summed E-state index contributed by atoms with van der Waals surface area (Å²) in [6.45, 7) is 0.148. The molecule has 0 aliphatic carbocycles. The van der Waals surface area contributed by atoms with Crippen molar-refractivity contribution in [1.82, 2.24) is 10.9 Å². The second-order valence-electron chi connectivity index (χ2n) is 2.85. The molecule has 0 fully saturated rings. The third-order valence-corrected chi connectivity index (χ3v) is 2.03. The molecule has 14 heavy (non-hydrogen) atoms. The molecule has 1 heterocycles. The maximum atomic E-state index is 10.8. The molecule has 2 N–H and O–H groups in total. The Labute approximate surface area is 86.0 Å². The van der Waals surface area contributed by atoms with Gasteiger partial charge in [0.25, 0.3) is 5.91 Å². The van der Waals surface area contributed by atoms with Crippen molar-refractivity contribution in [2.24, 2.45) is 4.99 Å². The minimum Gasteiger partial charge on any atom is -0.282 e. The Morgan fingerprint density at radius 2 is 2.21 bits per heavy atom. The molecule has 0 atom stereocenters. The van der Waals surface area contributed by atoms with Crippen molar-refractivity contribution >= 4 is 23.3 Å². The average molecular weight is 210 g/mol. The van der Waals surface area contributed by atoms with Crippen LogP contribution >= 0.6 is 11.6 Å². The molecule has 5 heteroatoms. The topological polar surface area (TPSA) is 53.5 Å². The summed E-state index contributed by atoms with van der Waals surface area (Å²) in [7, 11) is 0. The molecule has 0 saturated heterocycles. The summed E-state index contributed by atoms with van der Waals surface area (Å²) in [4.78, 5) is 14.9. The Kier molecular flexibility index (Phi) is 2.37. The number of hydrogen-bond donors (Lipinski definition) is 2. The Bertz CT molecular complexity index is 403. The molecule has 1 aromatic carbocycles. The lowest BCUT2D eigenvalue weighted by atomic mass is 10.2. The van der Waals surface area contributed by atoms with Gasteiger partial charge in [-0.2, -0.15) is 0 Å². The highest BCUT2D eigenvalue weighted by atomic mass is 35.5. The molecule has 1 amide bonds. The zero-order chi connectivity index (χ0) is 9.97. The first-order valence-electron chi connectivity index (χ1n) is 4.11. The number of amidine groups is 1. The number of amides is 1. The summed E-state index contributed by atoms with van der Waals surface area (Å²) in [6.07, 6.45) is 0. The Morgan fingerprint density at radius 3 is 2.86 bits per heavy atom. The minimum absolute atomic E-state index is 0.143. The van der Waals surface area contributed by atoms with Gasteiger partial charge in [0, 0.05) is 10.6 Å². The van der Waals surface area contributed by atoms with Gasteiger partial charge in [-0.3, -0.25) is 20.6 Å². The maximum absolute atomic E-state index is 10.8. The number of rotatable bonds is 1. The van der Waals surface area contributed by atoms with E-state index in [0.717, 1.165) is 5.56 Å². The fourth-order valence-electron chi connectivity index (χ4n) is 1.16. The lowest BCUT2D eigenvalue weighted by Crippen LogP contribution is -2.47. The van der Waals surface area contributed by atoms with E-state index >= 15 is 0 Å². The quantitative estimate of drug-likeness (QED) is 0.716. The van der Waals surface area contributed by atoms with E-state index in [1.807, 2.05) is 12.1 Å². The molecule has 1 aromatic rings. The molecule has 72 valence electrons. The summed E-state index contributed by atoms with van der Waals surface area (Å²) in [6, 6.07) is 7.27. The first-order chi connectivity index (χ1) is 6.75. The molecule has 4 nitrogen and oxygen atoms in total. The Hall–Kier alpha value is -1.55. The number of halogens is 1. The highest BCUT2D eigenvalue weighted by Crippen LogP contribution is 2.11. The molecular formula is C9H8ClN3O. The van der Waals surface area contributed by atoms with E-state index in [1.54, 1.807) is 12.1 Å². The number of benzene rings is 1. The van der Waals surface area contributed by atoms with Crippen molar-refractivity contribution in [2.75, 3.05) is 6.54 Å². The highest BCUT2D eigenvalue weighted by molar-refractivity contribution is 6.31. The largest absolute Gasteiger partial charge is 0.282 e. The number of nitrogens with one attached hydrogen (secondary N) is 2. The van der Waals surface area contributed by atoms with E-state index in [4.69, 9.17) is 11.6 Å². The normalized spacial score (nSPS) is 15.5. The maximum Gasteiger partial charge on any atom is 0.260 e. The van der Waals surface area contributed by atoms with Crippen LogP contribution in [-0.4, -0.2) is 18.3 Å². The summed E-state index contributed by atoms with van der Waals surface area (Å²) < 4.78 is 0. The minimum atomic E-state index is -0.143. The lowest BCUT2D eigenvalue weighted by Gasteiger charge is -2.15. The molecule has 1 aliphatic rings. The molecule has 0 saturated carbocycles. The van der Waals surface area contributed by atoms with E-state index in [0.29, 0.717) is 10.9 Å². The highest BCUT2D eigenvalue weighted by Gasteiger charge is 2.11. The van der Waals surface area contributed by atoms with Gasteiger partial charge in [0.05, 0.1) is 0 Å². The summed E-state index contributed by atoms with van der Waals surface area (Å²) >= 11 is 5.82. The second-order valence-corrected chi connectivity index (χ2v) is 3.28. The van der Waals surface area contributed by atoms with Crippen LogP contribution in [0.1, 0.15) is 5.56 Å². The van der Waals surface area contributed by atoms with Gasteiger partial charge in [0.1, 0.15) is 12.4 Å². The molecule has 1 aliphatic heterocycles. The summed E-state index contributed by atoms with van der Waals surface area (Å²) in [5, 5.41) is 0.643. The number of carbonyl (C=O) groups is 1. The van der Waals surface area contributed by atoms with Gasteiger partial charge in [0.2, 0.25) is 0 Å². The lowest BCUT2D eigenvalue weighted by molar-refractivity contribution is -0.120. The first-order valence-corrected chi connectivity index (χ1v) is 4.49. The summed E-state index contributed by atoms with van der Waals surface area (Å²) in [5.41, 5.74) is 6.05. The van der Waals surface area contributed by atoms with Crippen molar-refractivity contribution in [1.29, 1.82) is 0 Å². The zero-order valence-corrected chi connectivity index (χ0v) is 8.01. The van der Waals surface area contributed by atoms with Gasteiger partial charge >= 0.3 is 0 Å². The zero-order valence-electron chi connectivity index (χ0n) is 7.25. The van der Waals surface area contributed by atoms with E-state index in [1.165, 1.54) is 0 Å². The van der Waals surface area contributed by atoms with Crippen LogP contribution in [0.4, 0.5) is 0 Å². The fraction of sp³-hybridized carbons (Fsp3) is 0.111. The van der Waals surface area contributed by atoms with Gasteiger partial charge in [-0.25, -0.2) is 0 Å². The van der Waals surface area contributed by atoms with Gasteiger partial charge in [0.15, 0.2) is 0 Å². The van der Waals surface area contributed by atoms with E-state index < -0.39 is 0 Å². The van der Waals surface area contributed by atoms with Crippen LogP contribution in [0.5, 0.6) is 0 Å². The van der Waals surface area contributed by atoms with Crippen LogP contribution in [0, 0.1) is 0 Å². The van der Waals surface area contributed by atoms with E-state index in [9.17, 15) is 4.79 Å². The number of aliphatic imine (C=N–C) groups is 1. The van der Waals surface area contributed by atoms with E-state index in [2.05, 4.69) is 15.8 Å². The second kappa shape index (κ2) is 3.67. The fourth-order valence-corrected chi connectivity index (χ4v) is 1.35. The van der Waals surface area contributed by atoms with Gasteiger partial charge < -0.3 is 0 Å². The van der Waals surface area contributed by atoms with Crippen LogP contribution in [0.3, 0.4) is 0 Å². The number of nitrogens with zero attached hydrogens (tertiary/aromatic N) is 1. The predicted molar refractivity (Wildman–Crippen MR) is 54.1 cm³/mol.